The molecule has 94 valence electrons. The Labute approximate surface area is 162 Å². The second-order valence-electron chi connectivity index (χ2n) is 0. The molecular weight excluding hydrogens is 390 g/mol. The number of rotatable bonds is 0. The van der Waals surface area contributed by atoms with E-state index in [1.807, 2.05) is 0 Å². The molecule has 0 aromatic carbocycles. The molecule has 6 nitrogen and oxygen atoms in total. The monoisotopic (exact) mass is 406 g/mol. The van der Waals surface area contributed by atoms with Gasteiger partial charge >= 0.3 is 59.1 Å². The fraction of sp³-hybridized carbons (Fsp3) is 0. The molecule has 0 aliphatic rings. The molecule has 0 rings (SSSR count). The van der Waals surface area contributed by atoms with E-state index in [9.17, 15) is 0 Å². The van der Waals surface area contributed by atoms with Crippen LogP contribution in [0.3, 0.4) is 0 Å². The first-order valence-electron chi connectivity index (χ1n) is 0. The molecule has 0 heterocycles. The summed E-state index contributed by atoms with van der Waals surface area (Å²) in [4.78, 5) is 0. The van der Waals surface area contributed by atoms with Crippen molar-refractivity contribution < 1.29 is 115 Å². The van der Waals surface area contributed by atoms with Crippen molar-refractivity contribution in [2.24, 2.45) is 0 Å². The predicted octanol–water partition coefficient (Wildman–Crippen LogP) is -9.03. The van der Waals surface area contributed by atoms with Crippen molar-refractivity contribution in [3.8, 4) is 0 Å². The maximum absolute atomic E-state index is 0. The Kier molecular flexibility index (Phi) is 6230. The van der Waals surface area contributed by atoms with Gasteiger partial charge in [0.2, 0.25) is 0 Å². The van der Waals surface area contributed by atoms with E-state index in [1.165, 1.54) is 0 Å². The van der Waals surface area contributed by atoms with Crippen LogP contribution < -0.4 is 59.1 Å². The summed E-state index contributed by atoms with van der Waals surface area (Å²) in [5.41, 5.74) is 0. The summed E-state index contributed by atoms with van der Waals surface area (Å²) < 4.78 is 0. The molecule has 0 unspecified atom stereocenters. The zero-order valence-corrected chi connectivity index (χ0v) is 15.8. The molecule has 0 radical (unpaired) electrons. The zero-order valence-electron chi connectivity index (χ0n) is 8.95. The van der Waals surface area contributed by atoms with Crippen LogP contribution in [-0.4, -0.2) is 32.9 Å². The van der Waals surface area contributed by atoms with E-state index >= 15 is 0 Å². The Balaban J connectivity index is 0. The zero-order chi connectivity index (χ0) is 0. The molecule has 12 N–H and O–H groups in total. The third kappa shape index (κ3) is 224. The van der Waals surface area contributed by atoms with E-state index in [0.717, 1.165) is 0 Å². The number of hydrogen-bond acceptors (Lipinski definition) is 0. The van der Waals surface area contributed by atoms with Gasteiger partial charge in [-0.25, -0.2) is 0 Å². The average molecular weight is 408 g/mol. The van der Waals surface area contributed by atoms with E-state index in [2.05, 4.69) is 0 Å². The molecule has 0 saturated heterocycles. The fourth-order valence-corrected chi connectivity index (χ4v) is 0. The standard InChI is InChI=1S/4ClH.2Na.6H2O.Pd.2H/h4*1H;;;6*1H2;;;/q;;;;2*+1;;;;;;;;2*-1. The maximum atomic E-state index is 0. The van der Waals surface area contributed by atoms with Crippen molar-refractivity contribution in [1.82, 2.24) is 0 Å². The Hall–Kier alpha value is 3.58. The third-order valence-corrected chi connectivity index (χ3v) is 0. The van der Waals surface area contributed by atoms with E-state index in [1.54, 1.807) is 0 Å². The average Bonchev–Trinajstić information content (AvgIpc) is 0. The van der Waals surface area contributed by atoms with Gasteiger partial charge in [0.25, 0.3) is 0 Å². The quantitative estimate of drug-likeness (QED) is 0.344. The summed E-state index contributed by atoms with van der Waals surface area (Å²) in [6, 6.07) is 0. The number of hydrogen-bond donors (Lipinski definition) is 0. The van der Waals surface area contributed by atoms with Crippen LogP contribution in [0.1, 0.15) is 2.85 Å². The van der Waals surface area contributed by atoms with E-state index in [4.69, 9.17) is 0 Å². The van der Waals surface area contributed by atoms with Gasteiger partial charge in [-0.3, -0.25) is 0 Å². The van der Waals surface area contributed by atoms with Crippen molar-refractivity contribution in [3.05, 3.63) is 0 Å². The molecule has 0 atom stereocenters. The molecule has 0 aliphatic heterocycles. The van der Waals surface area contributed by atoms with Gasteiger partial charge in [-0.15, -0.1) is 49.6 Å². The third-order valence-electron chi connectivity index (χ3n) is 0. The molecule has 0 aliphatic carbocycles. The molecule has 0 bridgehead atoms. The summed E-state index contributed by atoms with van der Waals surface area (Å²) in [7, 11) is 0. The van der Waals surface area contributed by atoms with Crippen LogP contribution in [0.2, 0.25) is 0 Å². The Bertz CT molecular complexity index is 31.1. The van der Waals surface area contributed by atoms with Gasteiger partial charge in [0, 0.05) is 20.4 Å². The van der Waals surface area contributed by atoms with Crippen LogP contribution in [0.4, 0.5) is 0 Å². The first-order valence-corrected chi connectivity index (χ1v) is 0. The van der Waals surface area contributed by atoms with Gasteiger partial charge in [0.05, 0.1) is 0 Å². The first-order chi connectivity index (χ1) is 0. The first kappa shape index (κ1) is 314. The van der Waals surface area contributed by atoms with Crippen LogP contribution >= 0.6 is 49.6 Å². The molecule has 0 aromatic heterocycles. The Morgan fingerprint density at radius 3 is 0.385 bits per heavy atom. The van der Waals surface area contributed by atoms with Gasteiger partial charge < -0.3 is 35.7 Å². The minimum absolute atomic E-state index is 0. The second-order valence-corrected chi connectivity index (χ2v) is 0. The van der Waals surface area contributed by atoms with Gasteiger partial charge in [-0.1, -0.05) is 0 Å². The molecule has 13 heavy (non-hydrogen) atoms. The van der Waals surface area contributed by atoms with E-state index in [0.29, 0.717) is 0 Å². The summed E-state index contributed by atoms with van der Waals surface area (Å²) in [5.74, 6) is 0. The van der Waals surface area contributed by atoms with Crippen LogP contribution in [0.15, 0.2) is 0 Å². The van der Waals surface area contributed by atoms with Crippen molar-refractivity contribution in [2.75, 3.05) is 0 Å². The summed E-state index contributed by atoms with van der Waals surface area (Å²) >= 11 is 0. The molecule has 0 amide bonds. The number of halogens is 4. The summed E-state index contributed by atoms with van der Waals surface area (Å²) in [6.07, 6.45) is 0. The molecule has 13 heteroatoms. The van der Waals surface area contributed by atoms with Crippen LogP contribution in [0.25, 0.3) is 0 Å². The Morgan fingerprint density at radius 2 is 0.385 bits per heavy atom. The van der Waals surface area contributed by atoms with Crippen molar-refractivity contribution in [3.63, 3.8) is 0 Å². The van der Waals surface area contributed by atoms with Crippen LogP contribution in [0.5, 0.6) is 0 Å². The maximum Gasteiger partial charge on any atom is 1.00 e. The van der Waals surface area contributed by atoms with Gasteiger partial charge in [0.15, 0.2) is 0 Å². The van der Waals surface area contributed by atoms with E-state index < -0.39 is 0 Å². The summed E-state index contributed by atoms with van der Waals surface area (Å²) in [6.45, 7) is 0. The molecular formula is H18Cl4Na2O6Pd. The smallest absolute Gasteiger partial charge is 1.00 e. The van der Waals surface area contributed by atoms with Gasteiger partial charge in [-0.2, -0.15) is 0 Å². The fourth-order valence-electron chi connectivity index (χ4n) is 0. The van der Waals surface area contributed by atoms with Crippen molar-refractivity contribution >= 4 is 49.6 Å². The second kappa shape index (κ2) is 258. The topological polar surface area (TPSA) is 189 Å². The Morgan fingerprint density at radius 1 is 0.385 bits per heavy atom. The molecule has 0 spiro atoms. The summed E-state index contributed by atoms with van der Waals surface area (Å²) in [5, 5.41) is 0. The SMILES string of the molecule is Cl.Cl.Cl.Cl.O.O.O.O.O.O.[H-].[H-].[Na+].[Na+].[Pd]. The molecule has 0 aromatic rings. The van der Waals surface area contributed by atoms with E-state index in [-0.39, 0.29) is 165 Å². The largest absolute Gasteiger partial charge is 1.00 e. The van der Waals surface area contributed by atoms with Crippen LogP contribution in [-0.2, 0) is 20.4 Å². The van der Waals surface area contributed by atoms with Gasteiger partial charge in [0.1, 0.15) is 0 Å². The molecule has 0 fully saturated rings. The minimum atomic E-state index is 0. The van der Waals surface area contributed by atoms with Crippen molar-refractivity contribution in [2.45, 2.75) is 0 Å². The van der Waals surface area contributed by atoms with Crippen molar-refractivity contribution in [1.29, 1.82) is 0 Å². The van der Waals surface area contributed by atoms with Gasteiger partial charge in [-0.05, 0) is 0 Å². The molecule has 0 saturated carbocycles. The predicted molar refractivity (Wildman–Crippen MR) is 52.9 cm³/mol. The normalized spacial score (nSPS) is 0. The minimum Gasteiger partial charge on any atom is -1.00 e. The van der Waals surface area contributed by atoms with Crippen LogP contribution in [0, 0.1) is 0 Å².